The van der Waals surface area contributed by atoms with Crippen LogP contribution in [0, 0.1) is 0 Å². The summed E-state index contributed by atoms with van der Waals surface area (Å²) in [6.07, 6.45) is 0.0411. The zero-order valence-corrected chi connectivity index (χ0v) is 15.4. The minimum Gasteiger partial charge on any atom is -0.508 e. The summed E-state index contributed by atoms with van der Waals surface area (Å²) in [5.41, 5.74) is 5.75. The maximum Gasteiger partial charge on any atom is 0.322 e. The standard InChI is InChI=1S/C17H23N5O7/c18-6-13(24)19-8-15(26)22-12(5-10-1-3-11(23)4-2-10)17(29)21-7-14(25)20-9-16(27)28/h1-4,12,23H,5-9,18H2,(H,19,24)(H,20,25)(H,21,29)(H,22,26)(H,27,28)/t12-/m0/s1. The Hall–Kier alpha value is -3.67. The minimum atomic E-state index is -1.23. The second-order valence-corrected chi connectivity index (χ2v) is 5.86. The average Bonchev–Trinajstić information content (AvgIpc) is 2.69. The topological polar surface area (TPSA) is 200 Å². The number of aliphatic carboxylic acids is 1. The number of amides is 4. The van der Waals surface area contributed by atoms with Gasteiger partial charge in [0.05, 0.1) is 19.6 Å². The number of carboxylic acids is 1. The molecule has 0 unspecified atom stereocenters. The Labute approximate surface area is 165 Å². The third kappa shape index (κ3) is 9.72. The van der Waals surface area contributed by atoms with E-state index in [1.165, 1.54) is 12.1 Å². The maximum atomic E-state index is 12.4. The van der Waals surface area contributed by atoms with Crippen LogP contribution in [0.3, 0.4) is 0 Å². The minimum absolute atomic E-state index is 0.0263. The summed E-state index contributed by atoms with van der Waals surface area (Å²) in [6, 6.07) is 4.84. The van der Waals surface area contributed by atoms with E-state index in [0.29, 0.717) is 5.56 Å². The smallest absolute Gasteiger partial charge is 0.322 e. The van der Waals surface area contributed by atoms with E-state index >= 15 is 0 Å². The zero-order valence-electron chi connectivity index (χ0n) is 15.4. The second-order valence-electron chi connectivity index (χ2n) is 5.86. The third-order valence-corrected chi connectivity index (χ3v) is 3.52. The van der Waals surface area contributed by atoms with Crippen molar-refractivity contribution in [3.05, 3.63) is 29.8 Å². The van der Waals surface area contributed by atoms with E-state index < -0.39 is 55.3 Å². The highest BCUT2D eigenvalue weighted by Gasteiger charge is 2.22. The van der Waals surface area contributed by atoms with Crippen molar-refractivity contribution in [2.75, 3.05) is 26.2 Å². The SMILES string of the molecule is NCC(=O)NCC(=O)N[C@@H](Cc1ccc(O)cc1)C(=O)NCC(=O)NCC(=O)O. The first-order chi connectivity index (χ1) is 13.7. The highest BCUT2D eigenvalue weighted by Crippen LogP contribution is 2.11. The summed E-state index contributed by atoms with van der Waals surface area (Å²) in [4.78, 5) is 57.5. The van der Waals surface area contributed by atoms with Gasteiger partial charge in [0.1, 0.15) is 18.3 Å². The van der Waals surface area contributed by atoms with Crippen molar-refractivity contribution in [1.82, 2.24) is 21.3 Å². The van der Waals surface area contributed by atoms with E-state index in [2.05, 4.69) is 21.3 Å². The molecule has 0 aromatic heterocycles. The molecule has 0 aliphatic rings. The largest absolute Gasteiger partial charge is 0.508 e. The quantitative estimate of drug-likeness (QED) is 0.198. The average molecular weight is 409 g/mol. The van der Waals surface area contributed by atoms with Crippen LogP contribution in [0.5, 0.6) is 5.75 Å². The summed E-state index contributed by atoms with van der Waals surface area (Å²) in [5, 5.41) is 26.9. The summed E-state index contributed by atoms with van der Waals surface area (Å²) >= 11 is 0. The number of aromatic hydroxyl groups is 1. The third-order valence-electron chi connectivity index (χ3n) is 3.52. The van der Waals surface area contributed by atoms with Gasteiger partial charge in [-0.15, -0.1) is 0 Å². The number of benzene rings is 1. The van der Waals surface area contributed by atoms with Gasteiger partial charge in [-0.05, 0) is 17.7 Å². The van der Waals surface area contributed by atoms with E-state index in [4.69, 9.17) is 10.8 Å². The number of nitrogens with two attached hydrogens (primary N) is 1. The first kappa shape index (κ1) is 23.4. The van der Waals surface area contributed by atoms with E-state index in [9.17, 15) is 29.1 Å². The molecule has 1 atom stereocenters. The summed E-state index contributed by atoms with van der Waals surface area (Å²) in [6.45, 7) is -1.77. The summed E-state index contributed by atoms with van der Waals surface area (Å²) in [5.74, 6) is -3.82. The molecule has 1 aromatic rings. The van der Waals surface area contributed by atoms with Crippen LogP contribution < -0.4 is 27.0 Å². The molecular formula is C17H23N5O7. The normalized spacial score (nSPS) is 11.1. The Morgan fingerprint density at radius 3 is 2.03 bits per heavy atom. The molecule has 0 fully saturated rings. The second kappa shape index (κ2) is 11.9. The van der Waals surface area contributed by atoms with E-state index in [-0.39, 0.29) is 18.7 Å². The van der Waals surface area contributed by atoms with Gasteiger partial charge in [-0.3, -0.25) is 24.0 Å². The van der Waals surface area contributed by atoms with Gasteiger partial charge in [-0.25, -0.2) is 0 Å². The number of hydrogen-bond donors (Lipinski definition) is 7. The molecule has 12 nitrogen and oxygen atoms in total. The van der Waals surface area contributed by atoms with Crippen molar-refractivity contribution in [3.8, 4) is 5.75 Å². The molecule has 0 saturated heterocycles. The van der Waals surface area contributed by atoms with Crippen LogP contribution >= 0.6 is 0 Å². The molecule has 4 amide bonds. The number of carbonyl (C=O) groups excluding carboxylic acids is 4. The van der Waals surface area contributed by atoms with Crippen LogP contribution in [0.2, 0.25) is 0 Å². The lowest BCUT2D eigenvalue weighted by Gasteiger charge is -2.19. The van der Waals surface area contributed by atoms with Gasteiger partial charge in [-0.2, -0.15) is 0 Å². The molecule has 0 saturated carbocycles. The molecule has 0 bridgehead atoms. The van der Waals surface area contributed by atoms with Crippen molar-refractivity contribution in [2.24, 2.45) is 5.73 Å². The van der Waals surface area contributed by atoms with Gasteiger partial charge >= 0.3 is 5.97 Å². The lowest BCUT2D eigenvalue weighted by Crippen LogP contribution is -2.52. The van der Waals surface area contributed by atoms with Gasteiger partial charge in [0.25, 0.3) is 0 Å². The summed E-state index contributed by atoms with van der Waals surface area (Å²) in [7, 11) is 0. The Kier molecular flexibility index (Phi) is 9.61. The van der Waals surface area contributed by atoms with Crippen molar-refractivity contribution in [2.45, 2.75) is 12.5 Å². The Bertz CT molecular complexity index is 751. The maximum absolute atomic E-state index is 12.4. The first-order valence-corrected chi connectivity index (χ1v) is 8.51. The van der Waals surface area contributed by atoms with Crippen LogP contribution in [0.25, 0.3) is 0 Å². The molecule has 1 rings (SSSR count). The number of phenolic OH excluding ortho intramolecular Hbond substituents is 1. The monoisotopic (exact) mass is 409 g/mol. The Morgan fingerprint density at radius 1 is 0.862 bits per heavy atom. The molecule has 0 spiro atoms. The van der Waals surface area contributed by atoms with Gasteiger partial charge in [-0.1, -0.05) is 12.1 Å². The van der Waals surface area contributed by atoms with Crippen molar-refractivity contribution in [1.29, 1.82) is 0 Å². The predicted molar refractivity (Wildman–Crippen MR) is 99.5 cm³/mol. The summed E-state index contributed by atoms with van der Waals surface area (Å²) < 4.78 is 0. The highest BCUT2D eigenvalue weighted by molar-refractivity contribution is 5.92. The Balaban J connectivity index is 2.72. The van der Waals surface area contributed by atoms with E-state index in [0.717, 1.165) is 0 Å². The lowest BCUT2D eigenvalue weighted by molar-refractivity contribution is -0.138. The van der Waals surface area contributed by atoms with Gasteiger partial charge in [0, 0.05) is 6.42 Å². The van der Waals surface area contributed by atoms with Crippen LogP contribution in [0.15, 0.2) is 24.3 Å². The number of carboxylic acid groups (broad SMARTS) is 1. The number of carbonyl (C=O) groups is 5. The number of phenols is 1. The zero-order chi connectivity index (χ0) is 21.8. The highest BCUT2D eigenvalue weighted by atomic mass is 16.4. The molecular weight excluding hydrogens is 386 g/mol. The number of hydrogen-bond acceptors (Lipinski definition) is 7. The van der Waals surface area contributed by atoms with E-state index in [1.54, 1.807) is 12.1 Å². The molecule has 8 N–H and O–H groups in total. The molecule has 0 aliphatic heterocycles. The first-order valence-electron chi connectivity index (χ1n) is 8.51. The van der Waals surface area contributed by atoms with Gasteiger partial charge in [0.15, 0.2) is 0 Å². The predicted octanol–water partition coefficient (Wildman–Crippen LogP) is -3.19. The molecule has 12 heteroatoms. The van der Waals surface area contributed by atoms with Gasteiger partial charge < -0.3 is 37.2 Å². The van der Waals surface area contributed by atoms with Gasteiger partial charge in [0.2, 0.25) is 23.6 Å². The van der Waals surface area contributed by atoms with Crippen LogP contribution in [0.4, 0.5) is 0 Å². The molecule has 0 radical (unpaired) electrons. The molecule has 158 valence electrons. The van der Waals surface area contributed by atoms with Crippen molar-refractivity contribution >= 4 is 29.6 Å². The number of rotatable bonds is 11. The molecule has 1 aromatic carbocycles. The lowest BCUT2D eigenvalue weighted by atomic mass is 10.0. The van der Waals surface area contributed by atoms with Crippen molar-refractivity contribution < 1.29 is 34.2 Å². The number of nitrogens with one attached hydrogen (secondary N) is 4. The fourth-order valence-corrected chi connectivity index (χ4v) is 2.10. The Morgan fingerprint density at radius 2 is 1.45 bits per heavy atom. The fourth-order valence-electron chi connectivity index (χ4n) is 2.10. The van der Waals surface area contributed by atoms with Crippen LogP contribution in [-0.2, 0) is 30.4 Å². The van der Waals surface area contributed by atoms with Crippen LogP contribution in [-0.4, -0.2) is 72.0 Å². The molecule has 0 aliphatic carbocycles. The fraction of sp³-hybridized carbons (Fsp3) is 0.353. The molecule has 0 heterocycles. The van der Waals surface area contributed by atoms with Crippen LogP contribution in [0.1, 0.15) is 5.56 Å². The van der Waals surface area contributed by atoms with E-state index in [1.807, 2.05) is 0 Å². The molecule has 29 heavy (non-hydrogen) atoms. The van der Waals surface area contributed by atoms with Crippen molar-refractivity contribution in [3.63, 3.8) is 0 Å².